The summed E-state index contributed by atoms with van der Waals surface area (Å²) in [5.41, 5.74) is 18.0. The molecule has 0 N–H and O–H groups in total. The van der Waals surface area contributed by atoms with Crippen LogP contribution in [0.25, 0.3) is 49.7 Å². The van der Waals surface area contributed by atoms with E-state index in [1.807, 2.05) is 27.7 Å². The molecule has 1 heterocycles. The number of benzene rings is 8. The minimum atomic E-state index is 0.714. The van der Waals surface area contributed by atoms with Gasteiger partial charge in [0.05, 0.1) is 11.4 Å². The lowest BCUT2D eigenvalue weighted by molar-refractivity contribution is 0.997. The van der Waals surface area contributed by atoms with Crippen molar-refractivity contribution in [2.24, 2.45) is 4.99 Å². The first-order valence-electron chi connectivity index (χ1n) is 25.7. The van der Waals surface area contributed by atoms with Crippen molar-refractivity contribution in [1.29, 1.82) is 0 Å². The zero-order valence-corrected chi connectivity index (χ0v) is 42.1. The molecule has 356 valence electrons. The van der Waals surface area contributed by atoms with Gasteiger partial charge in [0, 0.05) is 58.0 Å². The highest BCUT2D eigenvalue weighted by atomic mass is 15.2. The van der Waals surface area contributed by atoms with Gasteiger partial charge in [0.1, 0.15) is 0 Å². The average molecular weight is 937 g/mol. The van der Waals surface area contributed by atoms with Crippen molar-refractivity contribution in [3.63, 3.8) is 0 Å². The van der Waals surface area contributed by atoms with E-state index in [1.54, 1.807) is 0 Å². The zero-order chi connectivity index (χ0) is 49.7. The fourth-order valence-electron chi connectivity index (χ4n) is 9.95. The second kappa shape index (κ2) is 23.4. The molecular weight excluding hydrogens is 873 g/mol. The van der Waals surface area contributed by atoms with Crippen LogP contribution in [0.4, 0.5) is 39.8 Å². The quantitative estimate of drug-likeness (QED) is 0.114. The summed E-state index contributed by atoms with van der Waals surface area (Å²) in [5.74, 6) is 0. The fraction of sp³-hybridized carbons (Fsp3) is 0.132. The summed E-state index contributed by atoms with van der Waals surface area (Å²) in [6.45, 7) is 13.0. The molecule has 72 heavy (non-hydrogen) atoms. The van der Waals surface area contributed by atoms with E-state index in [1.165, 1.54) is 28.0 Å². The Bertz CT molecular complexity index is 3280. The maximum atomic E-state index is 4.94. The highest BCUT2D eigenvalue weighted by Crippen LogP contribution is 2.52. The molecule has 8 aromatic carbocycles. The first-order valence-corrected chi connectivity index (χ1v) is 25.7. The second-order valence-corrected chi connectivity index (χ2v) is 17.4. The summed E-state index contributed by atoms with van der Waals surface area (Å²) in [6, 6.07) is 65.9. The van der Waals surface area contributed by atoms with Crippen molar-refractivity contribution in [3.8, 4) is 33.4 Å². The molecule has 0 bridgehead atoms. The Morgan fingerprint density at radius 2 is 0.958 bits per heavy atom. The molecule has 1 aliphatic heterocycles. The topological polar surface area (TPSA) is 22.1 Å². The molecule has 0 amide bonds. The zero-order valence-electron chi connectivity index (χ0n) is 42.1. The minimum Gasteiger partial charge on any atom is -0.342 e. The molecule has 0 saturated heterocycles. The van der Waals surface area contributed by atoms with Gasteiger partial charge in [-0.1, -0.05) is 192 Å². The lowest BCUT2D eigenvalue weighted by atomic mass is 9.88. The lowest BCUT2D eigenvalue weighted by Crippen LogP contribution is -2.19. The number of nitrogens with zero attached hydrogens (tertiary/aromatic N) is 4. The average Bonchev–Trinajstić information content (AvgIpc) is 3.48. The molecular formula is C68H64N4. The summed E-state index contributed by atoms with van der Waals surface area (Å²) >= 11 is 0. The highest BCUT2D eigenvalue weighted by Gasteiger charge is 2.26. The number of fused-ring (bicyclic) bond motifs is 1. The molecule has 0 saturated carbocycles. The number of aliphatic imine (C=N–C) groups is 1. The first-order chi connectivity index (χ1) is 35.7. The maximum absolute atomic E-state index is 4.94. The van der Waals surface area contributed by atoms with Gasteiger partial charge in [-0.2, -0.15) is 0 Å². The number of allylic oxidation sites excluding steroid dienone is 9. The summed E-state index contributed by atoms with van der Waals surface area (Å²) in [4.78, 5) is 12.0. The Morgan fingerprint density at radius 3 is 1.50 bits per heavy atom. The highest BCUT2D eigenvalue weighted by molar-refractivity contribution is 6.16. The van der Waals surface area contributed by atoms with Crippen molar-refractivity contribution < 1.29 is 0 Å². The second-order valence-electron chi connectivity index (χ2n) is 17.4. The molecule has 3 aliphatic rings. The Balaban J connectivity index is 0.00000156. The Morgan fingerprint density at radius 1 is 0.444 bits per heavy atom. The molecule has 2 aliphatic carbocycles. The predicted octanol–water partition coefficient (Wildman–Crippen LogP) is 19.7. The molecule has 0 atom stereocenters. The van der Waals surface area contributed by atoms with Gasteiger partial charge in [0.25, 0.3) is 0 Å². The lowest BCUT2D eigenvalue weighted by Gasteiger charge is -2.30. The van der Waals surface area contributed by atoms with Crippen LogP contribution in [0.5, 0.6) is 0 Å². The number of rotatable bonds is 12. The molecule has 0 unspecified atom stereocenters. The Labute approximate surface area is 428 Å². The van der Waals surface area contributed by atoms with E-state index in [-0.39, 0.29) is 0 Å². The SMILES string of the molecule is C=Nc1c(N2C=CC=CC2)c(-c2ccc(N(c3ccccc3)c3ccc(-c4ccccc4)cc3)cc2)c2ccccc2c1-c1ccc(N(C2=CCCC=C2)c2ccc(C3=CC=CCC3)cc2)cc1.CC.CC. The van der Waals surface area contributed by atoms with Gasteiger partial charge in [-0.3, -0.25) is 4.99 Å². The summed E-state index contributed by atoms with van der Waals surface area (Å²) < 4.78 is 0. The van der Waals surface area contributed by atoms with Crippen molar-refractivity contribution >= 4 is 62.9 Å². The number of hydrogen-bond donors (Lipinski definition) is 0. The van der Waals surface area contributed by atoms with Crippen LogP contribution in [0.2, 0.25) is 0 Å². The standard InChI is InChI=1S/C64H52N4.2C2H6/c1-65-63-61(51-33-41-57(42-34-51)67(53-23-11-4-12-24-53)55-37-29-49(30-38-55)47-19-7-2-8-20-47)59-27-15-16-28-60(59)62(64(63)66-45-17-6-18-46-66)52-35-43-58(44-36-52)68(54-25-13-5-14-26-54)56-39-31-50(32-40-56)48-21-9-3-10-22-48;2*1-2/h2-3,5-7,9-11,13-19,21-45H,1,4,8,12,20,46H2;2*1-2H3. The van der Waals surface area contributed by atoms with Crippen LogP contribution >= 0.6 is 0 Å². The third kappa shape index (κ3) is 10.2. The van der Waals surface area contributed by atoms with Gasteiger partial charge in [-0.15, -0.1) is 0 Å². The molecule has 8 aromatic rings. The molecule has 0 fully saturated rings. The number of para-hydroxylation sites is 1. The summed E-state index contributed by atoms with van der Waals surface area (Å²) in [6.07, 6.45) is 26.4. The van der Waals surface area contributed by atoms with Crippen molar-refractivity contribution in [2.45, 2.75) is 53.4 Å². The normalized spacial score (nSPS) is 13.5. The smallest absolute Gasteiger partial charge is 0.0950 e. The van der Waals surface area contributed by atoms with Crippen LogP contribution in [0.15, 0.2) is 254 Å². The molecule has 0 aromatic heterocycles. The van der Waals surface area contributed by atoms with Crippen LogP contribution < -0.4 is 14.7 Å². The van der Waals surface area contributed by atoms with E-state index in [0.29, 0.717) is 6.54 Å². The minimum absolute atomic E-state index is 0.714. The van der Waals surface area contributed by atoms with E-state index < -0.39 is 0 Å². The van der Waals surface area contributed by atoms with Gasteiger partial charge in [0.2, 0.25) is 0 Å². The van der Waals surface area contributed by atoms with Gasteiger partial charge in [-0.25, -0.2) is 0 Å². The van der Waals surface area contributed by atoms with Crippen LogP contribution in [-0.4, -0.2) is 13.3 Å². The monoisotopic (exact) mass is 937 g/mol. The van der Waals surface area contributed by atoms with E-state index in [0.717, 1.165) is 98.5 Å². The molecule has 0 spiro atoms. The predicted molar refractivity (Wildman–Crippen MR) is 314 cm³/mol. The summed E-state index contributed by atoms with van der Waals surface area (Å²) in [5, 5.41) is 2.28. The summed E-state index contributed by atoms with van der Waals surface area (Å²) in [7, 11) is 0. The van der Waals surface area contributed by atoms with Gasteiger partial charge >= 0.3 is 0 Å². The third-order valence-electron chi connectivity index (χ3n) is 13.2. The fourth-order valence-corrected chi connectivity index (χ4v) is 9.95. The van der Waals surface area contributed by atoms with E-state index in [9.17, 15) is 0 Å². The molecule has 11 rings (SSSR count). The van der Waals surface area contributed by atoms with Crippen LogP contribution in [0.1, 0.15) is 58.9 Å². The molecule has 4 nitrogen and oxygen atoms in total. The van der Waals surface area contributed by atoms with Crippen molar-refractivity contribution in [3.05, 3.63) is 254 Å². The molecule has 4 heteroatoms. The number of anilines is 6. The maximum Gasteiger partial charge on any atom is 0.0950 e. The number of hydrogen-bond acceptors (Lipinski definition) is 4. The van der Waals surface area contributed by atoms with Gasteiger partial charge < -0.3 is 14.7 Å². The van der Waals surface area contributed by atoms with Gasteiger partial charge in [-0.05, 0) is 149 Å². The first kappa shape index (κ1) is 48.5. The Hall–Kier alpha value is -8.47. The third-order valence-corrected chi connectivity index (χ3v) is 13.2. The van der Waals surface area contributed by atoms with Crippen molar-refractivity contribution in [2.75, 3.05) is 21.2 Å². The van der Waals surface area contributed by atoms with E-state index in [2.05, 4.69) is 264 Å². The van der Waals surface area contributed by atoms with E-state index in [4.69, 9.17) is 4.99 Å². The largest absolute Gasteiger partial charge is 0.342 e. The van der Waals surface area contributed by atoms with Crippen LogP contribution in [-0.2, 0) is 0 Å². The Kier molecular flexibility index (Phi) is 15.8. The molecule has 0 radical (unpaired) electrons. The van der Waals surface area contributed by atoms with E-state index >= 15 is 0 Å². The van der Waals surface area contributed by atoms with Crippen LogP contribution in [0, 0.1) is 0 Å². The van der Waals surface area contributed by atoms with Crippen LogP contribution in [0.3, 0.4) is 0 Å². The van der Waals surface area contributed by atoms with Crippen molar-refractivity contribution in [1.82, 2.24) is 0 Å². The van der Waals surface area contributed by atoms with Gasteiger partial charge in [0.15, 0.2) is 0 Å².